The molecule has 0 spiro atoms. The molecule has 0 aromatic heterocycles. The van der Waals surface area contributed by atoms with Crippen molar-refractivity contribution in [2.24, 2.45) is 11.8 Å². The number of carbonyl (C=O) groups is 1. The van der Waals surface area contributed by atoms with E-state index in [9.17, 15) is 4.79 Å². The summed E-state index contributed by atoms with van der Waals surface area (Å²) in [7, 11) is 0. The van der Waals surface area contributed by atoms with E-state index in [1.807, 2.05) is 0 Å². The Balaban J connectivity index is 1.50. The normalized spacial score (nSPS) is 49.7. The Bertz CT molecular complexity index is 580. The van der Waals surface area contributed by atoms with Crippen molar-refractivity contribution in [3.05, 3.63) is 23.8 Å². The summed E-state index contributed by atoms with van der Waals surface area (Å²) in [5.41, 5.74) is -0.577. The van der Waals surface area contributed by atoms with Gasteiger partial charge in [0, 0.05) is 11.8 Å². The molecule has 5 unspecified atom stereocenters. The van der Waals surface area contributed by atoms with Crippen LogP contribution in [-0.2, 0) is 23.7 Å². The van der Waals surface area contributed by atoms with Crippen LogP contribution in [0.25, 0.3) is 0 Å². The smallest absolute Gasteiger partial charge is 0.337 e. The van der Waals surface area contributed by atoms with Crippen LogP contribution < -0.4 is 0 Å². The van der Waals surface area contributed by atoms with Crippen LogP contribution in [0.15, 0.2) is 23.8 Å². The van der Waals surface area contributed by atoms with E-state index < -0.39 is 18.4 Å². The predicted molar refractivity (Wildman–Crippen MR) is 79.3 cm³/mol. The third-order valence-electron chi connectivity index (χ3n) is 5.71. The van der Waals surface area contributed by atoms with Crippen molar-refractivity contribution in [1.82, 2.24) is 0 Å². The van der Waals surface area contributed by atoms with Crippen LogP contribution in [0.2, 0.25) is 0 Å². The first-order valence-electron chi connectivity index (χ1n) is 8.13. The molecular weight excluding hydrogens is 300 g/mol. The first kappa shape index (κ1) is 15.3. The molecule has 6 nitrogen and oxygen atoms in total. The molecule has 126 valence electrons. The van der Waals surface area contributed by atoms with E-state index in [2.05, 4.69) is 13.8 Å². The summed E-state index contributed by atoms with van der Waals surface area (Å²) in [5, 5.41) is 9.04. The number of aliphatic hydroxyl groups is 1. The fourth-order valence-electron chi connectivity index (χ4n) is 4.43. The predicted octanol–water partition coefficient (Wildman–Crippen LogP) is 0.940. The molecule has 5 rings (SSSR count). The molecule has 6 heteroatoms. The molecule has 4 aliphatic heterocycles. The topological polar surface area (TPSA) is 74.2 Å². The molecule has 4 fully saturated rings. The van der Waals surface area contributed by atoms with Gasteiger partial charge in [-0.15, -0.1) is 0 Å². The molecule has 8 atom stereocenters. The van der Waals surface area contributed by atoms with Crippen LogP contribution in [0.1, 0.15) is 20.8 Å². The number of ether oxygens (including phenoxy) is 4. The minimum atomic E-state index is -0.956. The molecule has 0 radical (unpaired) electrons. The number of allylic oxidation sites excluding steroid dienone is 2. The minimum Gasteiger partial charge on any atom is -0.453 e. The fourth-order valence-corrected chi connectivity index (χ4v) is 4.43. The summed E-state index contributed by atoms with van der Waals surface area (Å²) in [6.07, 6.45) is 4.65. The van der Waals surface area contributed by atoms with Crippen molar-refractivity contribution in [2.45, 2.75) is 56.9 Å². The Labute approximate surface area is 135 Å². The summed E-state index contributed by atoms with van der Waals surface area (Å²) in [5.74, 6) is 0.0814. The number of rotatable bonds is 4. The largest absolute Gasteiger partial charge is 0.453 e. The molecule has 0 aromatic carbocycles. The molecule has 0 aromatic rings. The lowest BCUT2D eigenvalue weighted by molar-refractivity contribution is -0.181. The van der Waals surface area contributed by atoms with Crippen molar-refractivity contribution in [3.63, 3.8) is 0 Å². The van der Waals surface area contributed by atoms with E-state index in [1.54, 1.807) is 25.2 Å². The SMILES string of the molecule is CC1C2OC3[C@H]1O[C@H](C2C)[C@H]3OC(=O)C1=CC=CC1(C)OCO. The number of hydrogen-bond acceptors (Lipinski definition) is 6. The van der Waals surface area contributed by atoms with Crippen LogP contribution in [0.4, 0.5) is 0 Å². The number of esters is 1. The molecule has 0 saturated carbocycles. The zero-order chi connectivity index (χ0) is 16.4. The van der Waals surface area contributed by atoms with Gasteiger partial charge in [-0.05, 0) is 19.1 Å². The highest BCUT2D eigenvalue weighted by molar-refractivity contribution is 5.93. The number of carbonyl (C=O) groups excluding carboxylic acids is 1. The van der Waals surface area contributed by atoms with Gasteiger partial charge < -0.3 is 24.1 Å². The van der Waals surface area contributed by atoms with Crippen molar-refractivity contribution >= 4 is 5.97 Å². The molecule has 4 bridgehead atoms. The molecule has 5 aliphatic rings. The number of aliphatic hydroxyl groups excluding tert-OH is 1. The van der Waals surface area contributed by atoms with Crippen LogP contribution in [0, 0.1) is 11.8 Å². The van der Waals surface area contributed by atoms with Crippen molar-refractivity contribution in [1.29, 1.82) is 0 Å². The first-order chi connectivity index (χ1) is 11.0. The minimum absolute atomic E-state index is 0.00904. The van der Waals surface area contributed by atoms with Gasteiger partial charge in [0.05, 0.1) is 17.8 Å². The molecule has 4 saturated heterocycles. The second-order valence-corrected chi connectivity index (χ2v) is 7.04. The third-order valence-corrected chi connectivity index (χ3v) is 5.71. The molecule has 1 N–H and O–H groups in total. The molecule has 0 amide bonds. The van der Waals surface area contributed by atoms with Crippen LogP contribution in [0.3, 0.4) is 0 Å². The average Bonchev–Trinajstić information content (AvgIpc) is 3.09. The van der Waals surface area contributed by atoms with E-state index >= 15 is 0 Å². The lowest BCUT2D eigenvalue weighted by Crippen LogP contribution is -2.50. The standard InChI is InChI=1S/C17H22O6/c1-8-11-9(2)13-15(14(21-11)12(8)22-13)23-16(19)10-5-4-6-17(10,3)20-7-18/h4-6,8-9,11-15,18H,7H2,1-3H3/t8?,9?,11?,12-,13+,14?,15+,17?/m0/s1. The van der Waals surface area contributed by atoms with Gasteiger partial charge in [0.25, 0.3) is 0 Å². The number of hydrogen-bond donors (Lipinski definition) is 1. The van der Waals surface area contributed by atoms with Gasteiger partial charge in [-0.25, -0.2) is 4.79 Å². The van der Waals surface area contributed by atoms with Gasteiger partial charge in [-0.2, -0.15) is 0 Å². The monoisotopic (exact) mass is 322 g/mol. The average molecular weight is 322 g/mol. The third kappa shape index (κ3) is 2.05. The fraction of sp³-hybridized carbons (Fsp3) is 0.706. The van der Waals surface area contributed by atoms with E-state index in [-0.39, 0.29) is 36.4 Å². The van der Waals surface area contributed by atoms with Gasteiger partial charge in [-0.1, -0.05) is 19.9 Å². The van der Waals surface area contributed by atoms with Crippen molar-refractivity contribution in [2.75, 3.05) is 6.79 Å². The Morgan fingerprint density at radius 2 is 1.91 bits per heavy atom. The second-order valence-electron chi connectivity index (χ2n) is 7.04. The van der Waals surface area contributed by atoms with Gasteiger partial charge in [0.2, 0.25) is 0 Å². The maximum atomic E-state index is 12.6. The summed E-state index contributed by atoms with van der Waals surface area (Å²) in [6.45, 7) is 5.47. The Kier molecular flexibility index (Phi) is 3.43. The highest BCUT2D eigenvalue weighted by Gasteiger charge is 2.65. The van der Waals surface area contributed by atoms with E-state index in [0.717, 1.165) is 0 Å². The maximum absolute atomic E-state index is 12.6. The molecule has 23 heavy (non-hydrogen) atoms. The zero-order valence-electron chi connectivity index (χ0n) is 13.5. The summed E-state index contributed by atoms with van der Waals surface area (Å²) >= 11 is 0. The van der Waals surface area contributed by atoms with Crippen molar-refractivity contribution in [3.8, 4) is 0 Å². The molecule has 1 aliphatic carbocycles. The summed E-state index contributed by atoms with van der Waals surface area (Å²) < 4.78 is 23.1. The van der Waals surface area contributed by atoms with Crippen LogP contribution in [0.5, 0.6) is 0 Å². The quantitative estimate of drug-likeness (QED) is 0.613. The molecular formula is C17H22O6. The Morgan fingerprint density at radius 3 is 2.65 bits per heavy atom. The van der Waals surface area contributed by atoms with Gasteiger partial charge in [-0.3, -0.25) is 0 Å². The highest BCUT2D eigenvalue weighted by Crippen LogP contribution is 2.51. The highest BCUT2D eigenvalue weighted by atomic mass is 16.7. The van der Waals surface area contributed by atoms with E-state index in [0.29, 0.717) is 11.5 Å². The zero-order valence-corrected chi connectivity index (χ0v) is 13.5. The van der Waals surface area contributed by atoms with E-state index in [4.69, 9.17) is 24.1 Å². The maximum Gasteiger partial charge on any atom is 0.337 e. The lowest BCUT2D eigenvalue weighted by atomic mass is 9.87. The van der Waals surface area contributed by atoms with Gasteiger partial charge >= 0.3 is 5.97 Å². The van der Waals surface area contributed by atoms with Crippen molar-refractivity contribution < 1.29 is 28.8 Å². The van der Waals surface area contributed by atoms with Gasteiger partial charge in [0.1, 0.15) is 24.6 Å². The van der Waals surface area contributed by atoms with Crippen LogP contribution >= 0.6 is 0 Å². The molecule has 4 heterocycles. The van der Waals surface area contributed by atoms with Gasteiger partial charge in [0.15, 0.2) is 6.10 Å². The van der Waals surface area contributed by atoms with E-state index in [1.165, 1.54) is 0 Å². The lowest BCUT2D eigenvalue weighted by Gasteiger charge is -2.39. The first-order valence-corrected chi connectivity index (χ1v) is 8.13. The second kappa shape index (κ2) is 5.14. The van der Waals surface area contributed by atoms with Crippen LogP contribution in [-0.4, -0.2) is 54.0 Å². The Morgan fingerprint density at radius 1 is 1.22 bits per heavy atom. The Hall–Kier alpha value is -1.21. The summed E-state index contributed by atoms with van der Waals surface area (Å²) in [4.78, 5) is 12.6. The summed E-state index contributed by atoms with van der Waals surface area (Å²) in [6, 6.07) is 0.